The molecule has 2 aromatic carbocycles. The number of nitrogens with zero attached hydrogens (tertiary/aromatic N) is 1. The molecule has 0 spiro atoms. The molecular weight excluding hydrogens is 447 g/mol. The summed E-state index contributed by atoms with van der Waals surface area (Å²) in [4.78, 5) is 27.7. The van der Waals surface area contributed by atoms with Gasteiger partial charge in [0, 0.05) is 12.6 Å². The standard InChI is InChI=1S/C25H32Cl2N2O3/c1-5-17(4)28-25(31)23(7-3)29(15-19-10-13-21(26)22(27)14-19)24(30)16-32-20-11-8-18(6-2)9-12-20/h8-14,17,23H,5-7,15-16H2,1-4H3,(H,28,31)/t17-,23-/m0/s1. The monoisotopic (exact) mass is 478 g/mol. The molecule has 0 aliphatic heterocycles. The number of aryl methyl sites for hydroxylation is 1. The van der Waals surface area contributed by atoms with Crippen LogP contribution >= 0.6 is 23.2 Å². The Kier molecular flexibility index (Phi) is 10.3. The Balaban J connectivity index is 2.22. The molecule has 5 nitrogen and oxygen atoms in total. The van der Waals surface area contributed by atoms with Crippen LogP contribution in [0.25, 0.3) is 0 Å². The summed E-state index contributed by atoms with van der Waals surface area (Å²) in [5.74, 6) is 0.159. The van der Waals surface area contributed by atoms with Crippen molar-refractivity contribution in [2.75, 3.05) is 6.61 Å². The first-order chi connectivity index (χ1) is 15.3. The van der Waals surface area contributed by atoms with Crippen LogP contribution in [-0.4, -0.2) is 35.4 Å². The summed E-state index contributed by atoms with van der Waals surface area (Å²) in [5.41, 5.74) is 1.98. The van der Waals surface area contributed by atoms with Gasteiger partial charge in [0.1, 0.15) is 11.8 Å². The molecule has 0 fully saturated rings. The van der Waals surface area contributed by atoms with Crippen LogP contribution < -0.4 is 10.1 Å². The van der Waals surface area contributed by atoms with Crippen LogP contribution in [0.5, 0.6) is 5.75 Å². The van der Waals surface area contributed by atoms with Gasteiger partial charge < -0.3 is 15.0 Å². The molecule has 32 heavy (non-hydrogen) atoms. The fourth-order valence-electron chi connectivity index (χ4n) is 3.24. The number of halogens is 2. The van der Waals surface area contributed by atoms with E-state index in [0.717, 1.165) is 18.4 Å². The maximum Gasteiger partial charge on any atom is 0.261 e. The topological polar surface area (TPSA) is 58.6 Å². The molecule has 2 rings (SSSR count). The zero-order valence-corrected chi connectivity index (χ0v) is 20.7. The van der Waals surface area contributed by atoms with Gasteiger partial charge in [-0.15, -0.1) is 0 Å². The Hall–Kier alpha value is -2.24. The molecule has 0 aliphatic rings. The summed E-state index contributed by atoms with van der Waals surface area (Å²) in [6.07, 6.45) is 2.21. The van der Waals surface area contributed by atoms with Crippen molar-refractivity contribution >= 4 is 35.0 Å². The molecule has 0 saturated heterocycles. The third kappa shape index (κ3) is 7.42. The number of amides is 2. The molecule has 1 N–H and O–H groups in total. The summed E-state index contributed by atoms with van der Waals surface area (Å²) >= 11 is 12.2. The molecule has 0 unspecified atom stereocenters. The lowest BCUT2D eigenvalue weighted by atomic mass is 10.1. The minimum Gasteiger partial charge on any atom is -0.484 e. The predicted molar refractivity (Wildman–Crippen MR) is 130 cm³/mol. The van der Waals surface area contributed by atoms with E-state index in [1.807, 2.05) is 45.0 Å². The van der Waals surface area contributed by atoms with Crippen molar-refractivity contribution in [1.82, 2.24) is 10.2 Å². The molecule has 2 atom stereocenters. The Morgan fingerprint density at radius 3 is 2.19 bits per heavy atom. The number of carbonyl (C=O) groups excluding carboxylic acids is 2. The molecule has 2 aromatic rings. The molecule has 7 heteroatoms. The van der Waals surface area contributed by atoms with E-state index in [2.05, 4.69) is 12.2 Å². The van der Waals surface area contributed by atoms with Gasteiger partial charge in [-0.25, -0.2) is 0 Å². The summed E-state index contributed by atoms with van der Waals surface area (Å²) in [7, 11) is 0. The van der Waals surface area contributed by atoms with Gasteiger partial charge in [-0.1, -0.05) is 62.2 Å². The maximum atomic E-state index is 13.2. The van der Waals surface area contributed by atoms with Crippen LogP contribution in [0.15, 0.2) is 42.5 Å². The summed E-state index contributed by atoms with van der Waals surface area (Å²) < 4.78 is 5.74. The molecular formula is C25H32Cl2N2O3. The second-order valence-electron chi connectivity index (χ2n) is 7.80. The number of carbonyl (C=O) groups is 2. The van der Waals surface area contributed by atoms with Crippen LogP contribution in [0.4, 0.5) is 0 Å². The van der Waals surface area contributed by atoms with Crippen LogP contribution in [-0.2, 0) is 22.6 Å². The minimum absolute atomic E-state index is 0.0202. The van der Waals surface area contributed by atoms with Gasteiger partial charge in [0.05, 0.1) is 10.0 Å². The van der Waals surface area contributed by atoms with Gasteiger partial charge in [0.25, 0.3) is 5.91 Å². The molecule has 0 heterocycles. The van der Waals surface area contributed by atoms with Crippen LogP contribution in [0.2, 0.25) is 10.0 Å². The fourth-order valence-corrected chi connectivity index (χ4v) is 3.57. The normalized spacial score (nSPS) is 12.7. The van der Waals surface area contributed by atoms with Crippen LogP contribution in [0.3, 0.4) is 0 Å². The van der Waals surface area contributed by atoms with E-state index >= 15 is 0 Å². The summed E-state index contributed by atoms with van der Waals surface area (Å²) in [6, 6.07) is 12.2. The van der Waals surface area contributed by atoms with Crippen molar-refractivity contribution in [2.24, 2.45) is 0 Å². The van der Waals surface area contributed by atoms with E-state index in [4.69, 9.17) is 27.9 Å². The zero-order valence-electron chi connectivity index (χ0n) is 19.2. The first-order valence-corrected chi connectivity index (χ1v) is 11.8. The summed E-state index contributed by atoms with van der Waals surface area (Å²) in [6.45, 7) is 7.97. The van der Waals surface area contributed by atoms with E-state index in [1.54, 1.807) is 23.1 Å². The van der Waals surface area contributed by atoms with Crippen LogP contribution in [0.1, 0.15) is 51.7 Å². The molecule has 0 radical (unpaired) electrons. The van der Waals surface area contributed by atoms with Gasteiger partial charge >= 0.3 is 0 Å². The molecule has 2 amide bonds. The van der Waals surface area contributed by atoms with E-state index in [0.29, 0.717) is 22.2 Å². The number of ether oxygens (including phenoxy) is 1. The highest BCUT2D eigenvalue weighted by molar-refractivity contribution is 6.42. The van der Waals surface area contributed by atoms with Crippen molar-refractivity contribution in [3.63, 3.8) is 0 Å². The zero-order chi connectivity index (χ0) is 23.7. The number of hydrogen-bond acceptors (Lipinski definition) is 3. The first-order valence-electron chi connectivity index (χ1n) is 11.0. The quantitative estimate of drug-likeness (QED) is 0.453. The molecule has 0 aliphatic carbocycles. The third-order valence-corrected chi connectivity index (χ3v) is 6.16. The third-order valence-electron chi connectivity index (χ3n) is 5.42. The van der Waals surface area contributed by atoms with E-state index in [9.17, 15) is 9.59 Å². The molecule has 0 saturated carbocycles. The van der Waals surface area contributed by atoms with E-state index < -0.39 is 6.04 Å². The van der Waals surface area contributed by atoms with Gasteiger partial charge in [-0.05, 0) is 61.6 Å². The Labute approximate surface area is 201 Å². The predicted octanol–water partition coefficient (Wildman–Crippen LogP) is 5.66. The van der Waals surface area contributed by atoms with Gasteiger partial charge in [-0.3, -0.25) is 9.59 Å². The SMILES string of the molecule is CCc1ccc(OCC(=O)N(Cc2ccc(Cl)c(Cl)c2)[C@@H](CC)C(=O)N[C@@H](C)CC)cc1. The molecule has 0 aromatic heterocycles. The average Bonchev–Trinajstić information content (AvgIpc) is 2.79. The second-order valence-corrected chi connectivity index (χ2v) is 8.61. The van der Waals surface area contributed by atoms with E-state index in [-0.39, 0.29) is 31.0 Å². The largest absolute Gasteiger partial charge is 0.484 e. The smallest absolute Gasteiger partial charge is 0.261 e. The Morgan fingerprint density at radius 1 is 0.969 bits per heavy atom. The Bertz CT molecular complexity index is 903. The van der Waals surface area contributed by atoms with Gasteiger partial charge in [-0.2, -0.15) is 0 Å². The number of nitrogens with one attached hydrogen (secondary N) is 1. The minimum atomic E-state index is -0.628. The lowest BCUT2D eigenvalue weighted by molar-refractivity contribution is -0.143. The van der Waals surface area contributed by atoms with Gasteiger partial charge in [0.15, 0.2) is 6.61 Å². The van der Waals surface area contributed by atoms with Crippen LogP contribution in [0, 0.1) is 0 Å². The van der Waals surface area contributed by atoms with Crippen molar-refractivity contribution in [3.05, 3.63) is 63.6 Å². The maximum absolute atomic E-state index is 13.2. The lowest BCUT2D eigenvalue weighted by Crippen LogP contribution is -2.51. The molecule has 0 bridgehead atoms. The van der Waals surface area contributed by atoms with Crippen molar-refractivity contribution in [1.29, 1.82) is 0 Å². The highest BCUT2D eigenvalue weighted by Gasteiger charge is 2.29. The number of rotatable bonds is 11. The average molecular weight is 479 g/mol. The Morgan fingerprint density at radius 2 is 1.62 bits per heavy atom. The fraction of sp³-hybridized carbons (Fsp3) is 0.440. The highest BCUT2D eigenvalue weighted by atomic mass is 35.5. The lowest BCUT2D eigenvalue weighted by Gasteiger charge is -2.31. The second kappa shape index (κ2) is 12.7. The highest BCUT2D eigenvalue weighted by Crippen LogP contribution is 2.24. The molecule has 174 valence electrons. The van der Waals surface area contributed by atoms with Crippen molar-refractivity contribution < 1.29 is 14.3 Å². The number of hydrogen-bond donors (Lipinski definition) is 1. The number of benzene rings is 2. The van der Waals surface area contributed by atoms with Crippen molar-refractivity contribution in [2.45, 2.75) is 65.6 Å². The van der Waals surface area contributed by atoms with Crippen molar-refractivity contribution in [3.8, 4) is 5.75 Å². The summed E-state index contributed by atoms with van der Waals surface area (Å²) in [5, 5.41) is 3.83. The first kappa shape index (κ1) is 26.0. The van der Waals surface area contributed by atoms with E-state index in [1.165, 1.54) is 5.56 Å². The van der Waals surface area contributed by atoms with Gasteiger partial charge in [0.2, 0.25) is 5.91 Å².